The Bertz CT molecular complexity index is 379. The first-order valence-electron chi connectivity index (χ1n) is 6.35. The van der Waals surface area contributed by atoms with E-state index in [4.69, 9.17) is 9.84 Å². The van der Waals surface area contributed by atoms with E-state index in [0.717, 1.165) is 25.7 Å². The molecular formula is C15H20O3. The van der Waals surface area contributed by atoms with Gasteiger partial charge < -0.3 is 9.84 Å². The second-order valence-corrected chi connectivity index (χ2v) is 4.06. The number of phenols is 1. The highest BCUT2D eigenvalue weighted by Crippen LogP contribution is 2.10. The van der Waals surface area contributed by atoms with Crippen LogP contribution in [0.5, 0.6) is 5.75 Å². The van der Waals surface area contributed by atoms with Crippen LogP contribution in [0.3, 0.4) is 0 Å². The maximum atomic E-state index is 11.6. The summed E-state index contributed by atoms with van der Waals surface area (Å²) >= 11 is 0. The Kier molecular flexibility index (Phi) is 6.62. The second-order valence-electron chi connectivity index (χ2n) is 4.06. The molecule has 1 rings (SSSR count). The number of hydrogen-bond donors (Lipinski definition) is 1. The van der Waals surface area contributed by atoms with Crippen molar-refractivity contribution in [1.82, 2.24) is 0 Å². The molecule has 0 saturated heterocycles. The van der Waals surface area contributed by atoms with Gasteiger partial charge in [-0.3, -0.25) is 0 Å². The summed E-state index contributed by atoms with van der Waals surface area (Å²) in [4.78, 5) is 11.6. The molecule has 0 aliphatic rings. The average molecular weight is 248 g/mol. The number of benzene rings is 1. The number of aromatic hydroxyl groups is 1. The summed E-state index contributed by atoms with van der Waals surface area (Å²) in [5, 5.41) is 9.10. The topological polar surface area (TPSA) is 46.5 Å². The van der Waals surface area contributed by atoms with E-state index in [0.29, 0.717) is 12.2 Å². The molecule has 0 radical (unpaired) electrons. The Balaban J connectivity index is 2.17. The van der Waals surface area contributed by atoms with Crippen molar-refractivity contribution in [2.24, 2.45) is 0 Å². The first-order valence-corrected chi connectivity index (χ1v) is 6.35. The molecule has 3 heteroatoms. The van der Waals surface area contributed by atoms with Gasteiger partial charge in [-0.25, -0.2) is 4.79 Å². The number of hydrogen-bond acceptors (Lipinski definition) is 3. The van der Waals surface area contributed by atoms with Gasteiger partial charge in [-0.2, -0.15) is 0 Å². The number of carbonyl (C=O) groups is 1. The number of allylic oxidation sites excluding steroid dienone is 2. The van der Waals surface area contributed by atoms with Gasteiger partial charge in [0, 0.05) is 0 Å². The molecule has 0 bridgehead atoms. The van der Waals surface area contributed by atoms with Crippen molar-refractivity contribution in [1.29, 1.82) is 0 Å². The quantitative estimate of drug-likeness (QED) is 0.455. The Morgan fingerprint density at radius 3 is 2.61 bits per heavy atom. The van der Waals surface area contributed by atoms with Crippen LogP contribution in [0.25, 0.3) is 0 Å². The molecule has 0 heterocycles. The Labute approximate surface area is 108 Å². The molecular weight excluding hydrogens is 228 g/mol. The largest absolute Gasteiger partial charge is 0.508 e. The van der Waals surface area contributed by atoms with Crippen LogP contribution >= 0.6 is 0 Å². The molecule has 0 spiro atoms. The number of carbonyl (C=O) groups excluding carboxylic acids is 1. The van der Waals surface area contributed by atoms with E-state index in [2.05, 4.69) is 19.1 Å². The van der Waals surface area contributed by atoms with Crippen molar-refractivity contribution in [2.75, 3.05) is 6.61 Å². The van der Waals surface area contributed by atoms with Crippen LogP contribution in [0.1, 0.15) is 43.0 Å². The molecule has 1 aromatic rings. The summed E-state index contributed by atoms with van der Waals surface area (Å²) in [6.45, 7) is 2.55. The summed E-state index contributed by atoms with van der Waals surface area (Å²) in [6, 6.07) is 6.07. The van der Waals surface area contributed by atoms with Crippen LogP contribution in [0.2, 0.25) is 0 Å². The van der Waals surface area contributed by atoms with E-state index >= 15 is 0 Å². The molecule has 98 valence electrons. The fourth-order valence-corrected chi connectivity index (χ4v) is 1.49. The minimum Gasteiger partial charge on any atom is -0.508 e. The molecule has 1 N–H and O–H groups in total. The molecule has 0 saturated carbocycles. The van der Waals surface area contributed by atoms with E-state index in [1.807, 2.05) is 0 Å². The molecule has 0 aliphatic heterocycles. The van der Waals surface area contributed by atoms with E-state index < -0.39 is 0 Å². The summed E-state index contributed by atoms with van der Waals surface area (Å²) < 4.78 is 5.13. The van der Waals surface area contributed by atoms with Gasteiger partial charge in [0.05, 0.1) is 12.2 Å². The molecule has 0 amide bonds. The molecule has 0 atom stereocenters. The molecule has 18 heavy (non-hydrogen) atoms. The zero-order chi connectivity index (χ0) is 13.2. The van der Waals surface area contributed by atoms with E-state index in [1.165, 1.54) is 12.1 Å². The standard InChI is InChI=1S/C15H20O3/c1-2-3-4-5-6-7-12-18-15(17)13-8-10-14(16)11-9-13/h3-4,8-11,16H,2,5-7,12H2,1H3/b4-3+. The number of rotatable bonds is 7. The molecule has 0 aliphatic carbocycles. The van der Waals surface area contributed by atoms with E-state index in [9.17, 15) is 4.79 Å². The predicted molar refractivity (Wildman–Crippen MR) is 71.7 cm³/mol. The van der Waals surface area contributed by atoms with E-state index in [-0.39, 0.29) is 11.7 Å². The maximum absolute atomic E-state index is 11.6. The zero-order valence-electron chi connectivity index (χ0n) is 10.8. The van der Waals surface area contributed by atoms with Gasteiger partial charge in [0.2, 0.25) is 0 Å². The minimum atomic E-state index is -0.334. The van der Waals surface area contributed by atoms with Gasteiger partial charge in [-0.05, 0) is 49.9 Å². The number of unbranched alkanes of at least 4 members (excludes halogenated alkanes) is 2. The Morgan fingerprint density at radius 2 is 1.94 bits per heavy atom. The lowest BCUT2D eigenvalue weighted by Gasteiger charge is -2.04. The fraction of sp³-hybridized carbons (Fsp3) is 0.400. The lowest BCUT2D eigenvalue weighted by Crippen LogP contribution is -2.06. The Hall–Kier alpha value is -1.77. The fourth-order valence-electron chi connectivity index (χ4n) is 1.49. The van der Waals surface area contributed by atoms with Gasteiger partial charge in [-0.1, -0.05) is 19.1 Å². The van der Waals surface area contributed by atoms with Gasteiger partial charge in [0.25, 0.3) is 0 Å². The van der Waals surface area contributed by atoms with Gasteiger partial charge in [0.1, 0.15) is 5.75 Å². The van der Waals surface area contributed by atoms with Gasteiger partial charge in [0.15, 0.2) is 0 Å². The van der Waals surface area contributed by atoms with Crippen molar-refractivity contribution >= 4 is 5.97 Å². The molecule has 0 fully saturated rings. The third-order valence-electron chi connectivity index (χ3n) is 2.50. The zero-order valence-corrected chi connectivity index (χ0v) is 10.8. The van der Waals surface area contributed by atoms with Crippen LogP contribution in [-0.4, -0.2) is 17.7 Å². The monoisotopic (exact) mass is 248 g/mol. The summed E-state index contributed by atoms with van der Waals surface area (Å²) in [6.07, 6.45) is 8.29. The van der Waals surface area contributed by atoms with Gasteiger partial charge >= 0.3 is 5.97 Å². The SMILES string of the molecule is CC/C=C/CCCCOC(=O)c1ccc(O)cc1. The normalized spacial score (nSPS) is 10.7. The molecule has 1 aromatic carbocycles. The van der Waals surface area contributed by atoms with Crippen LogP contribution in [0.15, 0.2) is 36.4 Å². The van der Waals surface area contributed by atoms with Crippen LogP contribution in [0, 0.1) is 0 Å². The number of ether oxygens (including phenoxy) is 1. The van der Waals surface area contributed by atoms with Crippen LogP contribution in [-0.2, 0) is 4.74 Å². The summed E-state index contributed by atoms with van der Waals surface area (Å²) in [5.41, 5.74) is 0.471. The minimum absolute atomic E-state index is 0.147. The smallest absolute Gasteiger partial charge is 0.338 e. The lowest BCUT2D eigenvalue weighted by molar-refractivity contribution is 0.0498. The third kappa shape index (κ3) is 5.53. The number of esters is 1. The molecule has 3 nitrogen and oxygen atoms in total. The van der Waals surface area contributed by atoms with Crippen molar-refractivity contribution in [2.45, 2.75) is 32.6 Å². The maximum Gasteiger partial charge on any atom is 0.338 e. The van der Waals surface area contributed by atoms with Gasteiger partial charge in [-0.15, -0.1) is 0 Å². The van der Waals surface area contributed by atoms with Crippen molar-refractivity contribution in [3.8, 4) is 5.75 Å². The van der Waals surface area contributed by atoms with Crippen molar-refractivity contribution in [3.63, 3.8) is 0 Å². The predicted octanol–water partition coefficient (Wildman–Crippen LogP) is 3.69. The molecule has 0 aromatic heterocycles. The van der Waals surface area contributed by atoms with Crippen molar-refractivity contribution in [3.05, 3.63) is 42.0 Å². The molecule has 0 unspecified atom stereocenters. The average Bonchev–Trinajstić information content (AvgIpc) is 2.38. The highest BCUT2D eigenvalue weighted by Gasteiger charge is 2.05. The first-order chi connectivity index (χ1) is 8.74. The van der Waals surface area contributed by atoms with E-state index in [1.54, 1.807) is 12.1 Å². The first kappa shape index (κ1) is 14.3. The summed E-state index contributed by atoms with van der Waals surface area (Å²) in [7, 11) is 0. The number of phenolic OH excluding ortho intramolecular Hbond substituents is 1. The lowest BCUT2D eigenvalue weighted by atomic mass is 10.2. The highest BCUT2D eigenvalue weighted by atomic mass is 16.5. The second kappa shape index (κ2) is 8.34. The highest BCUT2D eigenvalue weighted by molar-refractivity contribution is 5.89. The van der Waals surface area contributed by atoms with Crippen molar-refractivity contribution < 1.29 is 14.6 Å². The Morgan fingerprint density at radius 1 is 1.22 bits per heavy atom. The third-order valence-corrected chi connectivity index (χ3v) is 2.50. The van der Waals surface area contributed by atoms with Crippen LogP contribution in [0.4, 0.5) is 0 Å². The van der Waals surface area contributed by atoms with Crippen LogP contribution < -0.4 is 0 Å². The summed E-state index contributed by atoms with van der Waals surface area (Å²) in [5.74, 6) is -0.187.